The van der Waals surface area contributed by atoms with Crippen LogP contribution in [0.2, 0.25) is 0 Å². The Hall–Kier alpha value is -2.07. The number of benzene rings is 2. The van der Waals surface area contributed by atoms with Crippen molar-refractivity contribution in [2.75, 3.05) is 5.75 Å². The molecule has 0 saturated heterocycles. The number of carboxylic acid groups (broad SMARTS) is 1. The van der Waals surface area contributed by atoms with Gasteiger partial charge >= 0.3 is 29.6 Å². The molecule has 1 aliphatic carbocycles. The average Bonchev–Trinajstić information content (AvgIpc) is 3.63. The standard InChI is InChI=1S/C33H33F2NO3S2.Na/c1-32(2,39)25-9-4-3-7-22(25)11-14-26(40-20-33(16-17-33)19-28(37)38)23-8-5-6-21(18-23)10-12-24-13-15-27-30(36-24)29(34)31(35)41-27;/h3-10,12-13,15,18,26,39H,11,14,16-17,19-20H2,1-2H3,(H,37,38);/q;+1/p-1/b12-10+;. The number of carboxylic acids is 1. The topological polar surface area (TPSA) is 73.2 Å². The molecule has 2 heterocycles. The first-order valence-corrected chi connectivity index (χ1v) is 15.5. The predicted octanol–water partition coefficient (Wildman–Crippen LogP) is 4.30. The van der Waals surface area contributed by atoms with Crippen molar-refractivity contribution in [3.05, 3.63) is 99.6 Å². The van der Waals surface area contributed by atoms with Crippen LogP contribution >= 0.6 is 23.1 Å². The number of pyridine rings is 1. The number of aliphatic carboxylic acids is 1. The zero-order valence-corrected chi connectivity index (χ0v) is 27.7. The van der Waals surface area contributed by atoms with Gasteiger partial charge in [0.2, 0.25) is 5.13 Å². The van der Waals surface area contributed by atoms with Crippen molar-refractivity contribution in [1.29, 1.82) is 0 Å². The van der Waals surface area contributed by atoms with Crippen LogP contribution in [-0.4, -0.2) is 21.8 Å². The van der Waals surface area contributed by atoms with E-state index >= 15 is 0 Å². The van der Waals surface area contributed by atoms with E-state index in [0.717, 1.165) is 65.0 Å². The molecular weight excluding hydrogens is 583 g/mol. The van der Waals surface area contributed by atoms with E-state index in [9.17, 15) is 23.8 Å². The van der Waals surface area contributed by atoms with Gasteiger partial charge in [-0.3, -0.25) is 0 Å². The number of rotatable bonds is 12. The summed E-state index contributed by atoms with van der Waals surface area (Å²) in [4.78, 5) is 15.6. The summed E-state index contributed by atoms with van der Waals surface area (Å²) < 4.78 is 28.2. The van der Waals surface area contributed by atoms with Gasteiger partial charge in [0.1, 0.15) is 5.52 Å². The Morgan fingerprint density at radius 1 is 1.14 bits per heavy atom. The van der Waals surface area contributed by atoms with E-state index in [-0.39, 0.29) is 52.2 Å². The number of carbonyl (C=O) groups excluding carboxylic acids is 1. The minimum absolute atomic E-state index is 0. The van der Waals surface area contributed by atoms with Crippen LogP contribution in [0, 0.1) is 16.4 Å². The summed E-state index contributed by atoms with van der Waals surface area (Å²) in [5.41, 5.74) is 3.49. The van der Waals surface area contributed by atoms with Crippen LogP contribution in [0.25, 0.3) is 22.4 Å². The van der Waals surface area contributed by atoms with Crippen LogP contribution in [0.4, 0.5) is 8.78 Å². The minimum Gasteiger partial charge on any atom is -0.550 e. The normalized spacial score (nSPS) is 15.1. The smallest absolute Gasteiger partial charge is 0.550 e. The molecule has 1 fully saturated rings. The van der Waals surface area contributed by atoms with E-state index in [1.54, 1.807) is 43.8 Å². The molecule has 4 nitrogen and oxygen atoms in total. The average molecular weight is 616 g/mol. The Morgan fingerprint density at radius 2 is 1.90 bits per heavy atom. The second kappa shape index (κ2) is 13.7. The molecule has 4 aromatic rings. The van der Waals surface area contributed by atoms with Crippen molar-refractivity contribution in [2.45, 2.75) is 56.8 Å². The Bertz CT molecular complexity index is 1590. The van der Waals surface area contributed by atoms with E-state index in [4.69, 9.17) is 0 Å². The predicted molar refractivity (Wildman–Crippen MR) is 161 cm³/mol. The molecule has 0 radical (unpaired) electrons. The minimum atomic E-state index is -0.997. The van der Waals surface area contributed by atoms with Gasteiger partial charge in [-0.2, -0.15) is 16.2 Å². The van der Waals surface area contributed by atoms with Gasteiger partial charge in [0.05, 0.1) is 16.0 Å². The Labute approximate surface area is 275 Å². The number of aromatic nitrogens is 1. The number of aliphatic hydroxyl groups is 1. The molecule has 214 valence electrons. The van der Waals surface area contributed by atoms with Crippen LogP contribution in [0.3, 0.4) is 0 Å². The van der Waals surface area contributed by atoms with Crippen LogP contribution in [0.15, 0.2) is 60.7 Å². The van der Waals surface area contributed by atoms with Crippen molar-refractivity contribution in [3.8, 4) is 0 Å². The first-order chi connectivity index (χ1) is 19.5. The van der Waals surface area contributed by atoms with Crippen molar-refractivity contribution in [3.63, 3.8) is 0 Å². The summed E-state index contributed by atoms with van der Waals surface area (Å²) in [6, 6.07) is 19.5. The van der Waals surface area contributed by atoms with Crippen molar-refractivity contribution < 1.29 is 53.3 Å². The molecule has 2 aromatic carbocycles. The summed E-state index contributed by atoms with van der Waals surface area (Å²) in [7, 11) is 0. The molecule has 0 aliphatic heterocycles. The van der Waals surface area contributed by atoms with E-state index in [1.165, 1.54) is 0 Å². The summed E-state index contributed by atoms with van der Waals surface area (Å²) in [5, 5.41) is 21.3. The van der Waals surface area contributed by atoms with Gasteiger partial charge in [0, 0.05) is 11.2 Å². The third-order valence-corrected chi connectivity index (χ3v) is 10.2. The summed E-state index contributed by atoms with van der Waals surface area (Å²) >= 11 is 2.53. The van der Waals surface area contributed by atoms with Crippen LogP contribution < -0.4 is 34.7 Å². The van der Waals surface area contributed by atoms with Gasteiger partial charge in [0.25, 0.3) is 0 Å². The molecule has 0 amide bonds. The van der Waals surface area contributed by atoms with Crippen LogP contribution in [0.1, 0.15) is 72.7 Å². The molecule has 1 atom stereocenters. The molecule has 42 heavy (non-hydrogen) atoms. The molecule has 1 saturated carbocycles. The van der Waals surface area contributed by atoms with E-state index < -0.39 is 22.5 Å². The van der Waals surface area contributed by atoms with Gasteiger partial charge in [-0.1, -0.05) is 54.6 Å². The number of nitrogens with zero attached hydrogens (tertiary/aromatic N) is 1. The molecule has 1 aliphatic rings. The maximum Gasteiger partial charge on any atom is 1.00 e. The Morgan fingerprint density at radius 3 is 2.62 bits per heavy atom. The second-order valence-corrected chi connectivity index (χ2v) is 13.6. The fourth-order valence-electron chi connectivity index (χ4n) is 5.17. The van der Waals surface area contributed by atoms with E-state index in [1.807, 2.05) is 36.4 Å². The van der Waals surface area contributed by atoms with Crippen molar-refractivity contribution in [2.24, 2.45) is 5.41 Å². The zero-order valence-electron chi connectivity index (χ0n) is 24.0. The summed E-state index contributed by atoms with van der Waals surface area (Å²) in [6.07, 6.45) is 7.15. The third-order valence-electron chi connectivity index (χ3n) is 7.61. The number of aryl methyl sites for hydroxylation is 1. The maximum atomic E-state index is 14.1. The van der Waals surface area contributed by atoms with Crippen LogP contribution in [-0.2, 0) is 16.8 Å². The first kappa shape index (κ1) is 32.8. The van der Waals surface area contributed by atoms with E-state index in [0.29, 0.717) is 10.4 Å². The van der Waals surface area contributed by atoms with Gasteiger partial charge in [-0.25, -0.2) is 9.37 Å². The Balaban J connectivity index is 0.00000405. The molecule has 1 unspecified atom stereocenters. The molecule has 5 rings (SSSR count). The number of fused-ring (bicyclic) bond motifs is 1. The third kappa shape index (κ3) is 8.10. The molecule has 0 bridgehead atoms. The van der Waals surface area contributed by atoms with Gasteiger partial charge in [-0.05, 0) is 97.6 Å². The molecule has 9 heteroatoms. The molecule has 0 spiro atoms. The molecular formula is C33H32F2NNaO3S2. The fraction of sp³-hybridized carbons (Fsp3) is 0.333. The summed E-state index contributed by atoms with van der Waals surface area (Å²) in [6.45, 7) is 3.58. The van der Waals surface area contributed by atoms with Gasteiger partial charge in [-0.15, -0.1) is 11.3 Å². The zero-order chi connectivity index (χ0) is 29.2. The fourth-order valence-corrected chi connectivity index (χ4v) is 7.49. The van der Waals surface area contributed by atoms with Gasteiger partial charge in [0.15, 0.2) is 5.82 Å². The number of carbonyl (C=O) groups is 1. The first-order valence-electron chi connectivity index (χ1n) is 13.7. The number of thiophene rings is 1. The quantitative estimate of drug-likeness (QED) is 0.241. The maximum absolute atomic E-state index is 14.1. The SMILES string of the molecule is CC(C)(O)c1ccccc1CCC(SCC1(CC(=O)[O-])CC1)c1cccc(/C=C/c2ccc3sc(F)c(F)c3n2)c1.[Na+]. The number of thioether (sulfide) groups is 1. The monoisotopic (exact) mass is 615 g/mol. The van der Waals surface area contributed by atoms with Crippen LogP contribution in [0.5, 0.6) is 0 Å². The van der Waals surface area contributed by atoms with Crippen molar-refractivity contribution >= 4 is 51.4 Å². The largest absolute Gasteiger partial charge is 1.00 e. The van der Waals surface area contributed by atoms with Gasteiger partial charge < -0.3 is 15.0 Å². The number of halogens is 2. The molecule has 2 aromatic heterocycles. The second-order valence-electron chi connectivity index (χ2n) is 11.4. The number of hydrogen-bond donors (Lipinski definition) is 1. The summed E-state index contributed by atoms with van der Waals surface area (Å²) in [5.74, 6) is -1.17. The van der Waals surface area contributed by atoms with E-state index in [2.05, 4.69) is 23.2 Å². The van der Waals surface area contributed by atoms with Crippen molar-refractivity contribution in [1.82, 2.24) is 4.98 Å². The Kier molecular flexibility index (Phi) is 10.7. The number of hydrogen-bond acceptors (Lipinski definition) is 6. The molecule has 1 N–H and O–H groups in total.